The number of anilines is 2. The van der Waals surface area contributed by atoms with Crippen LogP contribution in [-0.4, -0.2) is 24.9 Å². The van der Waals surface area contributed by atoms with Gasteiger partial charge in [-0.1, -0.05) is 0 Å². The predicted molar refractivity (Wildman–Crippen MR) is 92.3 cm³/mol. The summed E-state index contributed by atoms with van der Waals surface area (Å²) >= 11 is 0. The van der Waals surface area contributed by atoms with Crippen molar-refractivity contribution in [3.63, 3.8) is 0 Å². The van der Waals surface area contributed by atoms with Crippen molar-refractivity contribution in [1.82, 2.24) is 10.6 Å². The number of carbonyl (C=O) groups excluding carboxylic acids is 2. The van der Waals surface area contributed by atoms with Crippen LogP contribution in [0.3, 0.4) is 0 Å². The number of fused-ring (bicyclic) bond motifs is 2. The lowest BCUT2D eigenvalue weighted by Crippen LogP contribution is -2.23. The summed E-state index contributed by atoms with van der Waals surface area (Å²) in [7, 11) is 0. The Kier molecular flexibility index (Phi) is 4.37. The number of nitrogens with one attached hydrogen (secondary N) is 3. The number of rotatable bonds is 4. The van der Waals surface area contributed by atoms with E-state index in [1.807, 2.05) is 13.8 Å². The molecule has 24 heavy (non-hydrogen) atoms. The second-order valence-electron chi connectivity index (χ2n) is 5.37. The Balaban J connectivity index is 1.89. The van der Waals surface area contributed by atoms with E-state index in [4.69, 9.17) is 4.74 Å². The molecule has 0 unspecified atom stereocenters. The molecule has 1 heterocycles. The molecular formula is C18H19N3O3. The van der Waals surface area contributed by atoms with Crippen molar-refractivity contribution >= 4 is 23.2 Å². The number of amides is 2. The molecule has 3 N–H and O–H groups in total. The van der Waals surface area contributed by atoms with Crippen LogP contribution in [0.5, 0.6) is 11.5 Å². The molecule has 6 nitrogen and oxygen atoms in total. The Hall–Kier alpha value is -3.02. The largest absolute Gasteiger partial charge is 0.453 e. The highest BCUT2D eigenvalue weighted by molar-refractivity contribution is 5.97. The van der Waals surface area contributed by atoms with Crippen molar-refractivity contribution in [2.45, 2.75) is 13.8 Å². The molecule has 0 aromatic heterocycles. The highest BCUT2D eigenvalue weighted by Crippen LogP contribution is 2.42. The first-order valence-electron chi connectivity index (χ1n) is 7.91. The second-order valence-corrected chi connectivity index (χ2v) is 5.37. The molecule has 6 heteroatoms. The molecule has 2 amide bonds. The van der Waals surface area contributed by atoms with Gasteiger partial charge >= 0.3 is 0 Å². The Morgan fingerprint density at radius 2 is 1.33 bits per heavy atom. The topological polar surface area (TPSA) is 79.5 Å². The molecule has 0 radical (unpaired) electrons. The third kappa shape index (κ3) is 3.03. The van der Waals surface area contributed by atoms with Gasteiger partial charge in [0.2, 0.25) is 0 Å². The van der Waals surface area contributed by atoms with Crippen LogP contribution in [0.25, 0.3) is 0 Å². The third-order valence-electron chi connectivity index (χ3n) is 3.65. The van der Waals surface area contributed by atoms with E-state index in [-0.39, 0.29) is 11.8 Å². The first kappa shape index (κ1) is 15.9. The van der Waals surface area contributed by atoms with Gasteiger partial charge in [-0.05, 0) is 50.2 Å². The number of carbonyl (C=O) groups is 2. The van der Waals surface area contributed by atoms with Crippen LogP contribution in [0.1, 0.15) is 34.6 Å². The van der Waals surface area contributed by atoms with E-state index in [0.717, 1.165) is 11.4 Å². The molecule has 3 rings (SSSR count). The Morgan fingerprint density at radius 1 is 0.875 bits per heavy atom. The first-order valence-corrected chi connectivity index (χ1v) is 7.91. The smallest absolute Gasteiger partial charge is 0.251 e. The van der Waals surface area contributed by atoms with E-state index in [0.29, 0.717) is 35.7 Å². The standard InChI is InChI=1S/C18H19N3O3/c1-3-19-17(22)11-5-7-13-15(9-11)24-16-10-12(18(23)20-4-2)6-8-14(16)21-13/h5-10,21H,3-4H2,1-2H3,(H,19,22)(H,20,23). The lowest BCUT2D eigenvalue weighted by atomic mass is 10.1. The minimum atomic E-state index is -0.147. The van der Waals surface area contributed by atoms with Gasteiger partial charge in [0.25, 0.3) is 11.8 Å². The quantitative estimate of drug-likeness (QED) is 0.689. The molecule has 0 bridgehead atoms. The molecule has 0 saturated carbocycles. The fraction of sp³-hybridized carbons (Fsp3) is 0.222. The summed E-state index contributed by atoms with van der Waals surface area (Å²) in [6.45, 7) is 4.86. The molecule has 0 saturated heterocycles. The number of hydrogen-bond donors (Lipinski definition) is 3. The average molecular weight is 325 g/mol. The minimum absolute atomic E-state index is 0.147. The molecule has 124 valence electrons. The van der Waals surface area contributed by atoms with Crippen LogP contribution in [0.2, 0.25) is 0 Å². The number of hydrogen-bond acceptors (Lipinski definition) is 4. The van der Waals surface area contributed by atoms with Gasteiger partial charge in [-0.15, -0.1) is 0 Å². The summed E-state index contributed by atoms with van der Waals surface area (Å²) in [5.74, 6) is 0.815. The van der Waals surface area contributed by atoms with Crippen molar-refractivity contribution in [2.24, 2.45) is 0 Å². The van der Waals surface area contributed by atoms with E-state index in [1.165, 1.54) is 0 Å². The van der Waals surface area contributed by atoms with Crippen LogP contribution < -0.4 is 20.7 Å². The highest BCUT2D eigenvalue weighted by atomic mass is 16.5. The Morgan fingerprint density at radius 3 is 1.75 bits per heavy atom. The zero-order chi connectivity index (χ0) is 17.1. The van der Waals surface area contributed by atoms with Crippen LogP contribution in [0.15, 0.2) is 36.4 Å². The van der Waals surface area contributed by atoms with Crippen LogP contribution in [0.4, 0.5) is 11.4 Å². The van der Waals surface area contributed by atoms with Crippen molar-refractivity contribution in [1.29, 1.82) is 0 Å². The lowest BCUT2D eigenvalue weighted by molar-refractivity contribution is 0.0947. The second kappa shape index (κ2) is 6.62. The minimum Gasteiger partial charge on any atom is -0.453 e. The van der Waals surface area contributed by atoms with Gasteiger partial charge in [-0.2, -0.15) is 0 Å². The van der Waals surface area contributed by atoms with Gasteiger partial charge in [0.15, 0.2) is 11.5 Å². The van der Waals surface area contributed by atoms with Crippen LogP contribution in [0, 0.1) is 0 Å². The molecule has 0 spiro atoms. The molecule has 0 atom stereocenters. The molecule has 2 aromatic carbocycles. The van der Waals surface area contributed by atoms with Gasteiger partial charge in [0.05, 0.1) is 11.4 Å². The molecule has 2 aromatic rings. The van der Waals surface area contributed by atoms with Gasteiger partial charge in [-0.25, -0.2) is 0 Å². The van der Waals surface area contributed by atoms with Crippen molar-refractivity contribution < 1.29 is 14.3 Å². The molecule has 1 aliphatic heterocycles. The predicted octanol–water partition coefficient (Wildman–Crippen LogP) is 3.04. The summed E-state index contributed by atoms with van der Waals surface area (Å²) in [5, 5.41) is 8.76. The van der Waals surface area contributed by atoms with Crippen LogP contribution >= 0.6 is 0 Å². The summed E-state index contributed by atoms with van der Waals surface area (Å²) in [5.41, 5.74) is 2.61. The summed E-state index contributed by atoms with van der Waals surface area (Å²) < 4.78 is 5.89. The summed E-state index contributed by atoms with van der Waals surface area (Å²) in [6, 6.07) is 10.5. The molecular weight excluding hydrogens is 306 g/mol. The molecule has 0 fully saturated rings. The fourth-order valence-electron chi connectivity index (χ4n) is 2.49. The summed E-state index contributed by atoms with van der Waals surface area (Å²) in [4.78, 5) is 23.9. The fourth-order valence-corrected chi connectivity index (χ4v) is 2.49. The first-order chi connectivity index (χ1) is 11.6. The third-order valence-corrected chi connectivity index (χ3v) is 3.65. The maximum Gasteiger partial charge on any atom is 0.251 e. The lowest BCUT2D eigenvalue weighted by Gasteiger charge is -2.22. The van der Waals surface area contributed by atoms with Crippen molar-refractivity contribution in [2.75, 3.05) is 18.4 Å². The molecule has 1 aliphatic rings. The van der Waals surface area contributed by atoms with Gasteiger partial charge in [0, 0.05) is 24.2 Å². The molecule has 0 aliphatic carbocycles. The maximum absolute atomic E-state index is 12.0. The van der Waals surface area contributed by atoms with Crippen molar-refractivity contribution in [3.8, 4) is 11.5 Å². The Bertz CT molecular complexity index is 737. The van der Waals surface area contributed by atoms with E-state index < -0.39 is 0 Å². The highest BCUT2D eigenvalue weighted by Gasteiger charge is 2.19. The Labute approximate surface area is 140 Å². The van der Waals surface area contributed by atoms with E-state index in [2.05, 4.69) is 16.0 Å². The van der Waals surface area contributed by atoms with E-state index >= 15 is 0 Å². The number of ether oxygens (including phenoxy) is 1. The zero-order valence-corrected chi connectivity index (χ0v) is 13.6. The monoisotopic (exact) mass is 325 g/mol. The summed E-state index contributed by atoms with van der Waals surface area (Å²) in [6.07, 6.45) is 0. The van der Waals surface area contributed by atoms with E-state index in [1.54, 1.807) is 36.4 Å². The SMILES string of the molecule is CCNC(=O)c1ccc2c(c1)Oc1cc(C(=O)NCC)ccc1N2. The van der Waals surface area contributed by atoms with Gasteiger partial charge in [0.1, 0.15) is 0 Å². The maximum atomic E-state index is 12.0. The average Bonchev–Trinajstić information content (AvgIpc) is 2.59. The number of benzene rings is 2. The van der Waals surface area contributed by atoms with Gasteiger partial charge in [-0.3, -0.25) is 9.59 Å². The van der Waals surface area contributed by atoms with E-state index in [9.17, 15) is 9.59 Å². The zero-order valence-electron chi connectivity index (χ0n) is 13.6. The van der Waals surface area contributed by atoms with Gasteiger partial charge < -0.3 is 20.7 Å². The van der Waals surface area contributed by atoms with Crippen molar-refractivity contribution in [3.05, 3.63) is 47.5 Å². The van der Waals surface area contributed by atoms with Crippen LogP contribution in [-0.2, 0) is 0 Å². The normalized spacial score (nSPS) is 11.4.